The number of hydrogen-bond donors (Lipinski definition) is 2. The Balaban J connectivity index is 1.92. The number of ether oxygens (including phenoxy) is 1. The summed E-state index contributed by atoms with van der Waals surface area (Å²) in [6, 6.07) is 11.2. The first-order valence-corrected chi connectivity index (χ1v) is 8.70. The van der Waals surface area contributed by atoms with Crippen LogP contribution < -0.4 is 10.1 Å². The zero-order valence-electron chi connectivity index (χ0n) is 15.0. The molecular weight excluding hydrogens is 404 g/mol. The number of aryl methyl sites for hydroxylation is 1. The van der Waals surface area contributed by atoms with Crippen LogP contribution in [0.25, 0.3) is 0 Å². The number of hydrogen-bond acceptors (Lipinski definition) is 3. The molecule has 0 heterocycles. The van der Waals surface area contributed by atoms with E-state index in [1.807, 2.05) is 0 Å². The lowest BCUT2D eigenvalue weighted by Gasteiger charge is -2.14. The van der Waals surface area contributed by atoms with E-state index >= 15 is 0 Å². The summed E-state index contributed by atoms with van der Waals surface area (Å²) in [6.07, 6.45) is 0. The van der Waals surface area contributed by atoms with E-state index in [-0.39, 0.29) is 22.6 Å². The third-order valence-electron chi connectivity index (χ3n) is 4.01. The van der Waals surface area contributed by atoms with Gasteiger partial charge in [0.25, 0.3) is 5.91 Å². The number of anilines is 1. The molecule has 5 nitrogen and oxygen atoms in total. The highest BCUT2D eigenvalue weighted by Crippen LogP contribution is 2.32. The van der Waals surface area contributed by atoms with Crippen molar-refractivity contribution in [2.75, 3.05) is 5.32 Å². The van der Waals surface area contributed by atoms with Crippen molar-refractivity contribution in [3.8, 4) is 11.5 Å². The molecule has 0 aromatic heterocycles. The molecule has 0 unspecified atom stereocenters. The van der Waals surface area contributed by atoms with Gasteiger partial charge in [0.15, 0.2) is 11.6 Å². The number of amides is 1. The summed E-state index contributed by atoms with van der Waals surface area (Å²) in [7, 11) is 0. The zero-order chi connectivity index (χ0) is 21.1. The molecule has 0 saturated carbocycles. The maximum absolute atomic E-state index is 14.0. The molecule has 3 aromatic rings. The fourth-order valence-corrected chi connectivity index (χ4v) is 2.65. The van der Waals surface area contributed by atoms with Crippen molar-refractivity contribution in [3.63, 3.8) is 0 Å². The van der Waals surface area contributed by atoms with Gasteiger partial charge in [-0.15, -0.1) is 0 Å². The molecule has 0 atom stereocenters. The van der Waals surface area contributed by atoms with E-state index in [0.717, 1.165) is 12.1 Å². The van der Waals surface area contributed by atoms with E-state index in [4.69, 9.17) is 21.4 Å². The van der Waals surface area contributed by atoms with Crippen LogP contribution in [0.2, 0.25) is 5.02 Å². The van der Waals surface area contributed by atoms with Crippen molar-refractivity contribution in [1.29, 1.82) is 0 Å². The average molecular weight is 418 g/mol. The summed E-state index contributed by atoms with van der Waals surface area (Å²) in [4.78, 5) is 23.6. The molecule has 0 aliphatic rings. The second kappa shape index (κ2) is 8.28. The lowest BCUT2D eigenvalue weighted by Crippen LogP contribution is -2.13. The van der Waals surface area contributed by atoms with Crippen LogP contribution in [0.3, 0.4) is 0 Å². The zero-order valence-corrected chi connectivity index (χ0v) is 15.8. The summed E-state index contributed by atoms with van der Waals surface area (Å²) in [6.45, 7) is 1.68. The van der Waals surface area contributed by atoms with Crippen LogP contribution in [0, 0.1) is 18.6 Å². The summed E-state index contributed by atoms with van der Waals surface area (Å²) in [5.41, 5.74) is 1.02. The van der Waals surface area contributed by atoms with Crippen LogP contribution in [-0.4, -0.2) is 17.0 Å². The Bertz CT molecular complexity index is 1100. The molecule has 0 radical (unpaired) electrons. The van der Waals surface area contributed by atoms with Gasteiger partial charge < -0.3 is 15.2 Å². The van der Waals surface area contributed by atoms with Gasteiger partial charge in [0.2, 0.25) is 0 Å². The van der Waals surface area contributed by atoms with E-state index in [9.17, 15) is 18.4 Å². The SMILES string of the molecule is Cc1cc(Oc2ccc(F)cc2F)c(C(=O)Nc2ccc(C(=O)O)cc2)cc1Cl. The monoisotopic (exact) mass is 417 g/mol. The van der Waals surface area contributed by atoms with E-state index < -0.39 is 23.5 Å². The summed E-state index contributed by atoms with van der Waals surface area (Å²) >= 11 is 6.12. The van der Waals surface area contributed by atoms with E-state index in [2.05, 4.69) is 5.32 Å². The predicted molar refractivity (Wildman–Crippen MR) is 104 cm³/mol. The van der Waals surface area contributed by atoms with Gasteiger partial charge in [-0.2, -0.15) is 0 Å². The molecule has 8 heteroatoms. The van der Waals surface area contributed by atoms with Gasteiger partial charge in [0, 0.05) is 16.8 Å². The molecule has 2 N–H and O–H groups in total. The van der Waals surface area contributed by atoms with Crippen molar-refractivity contribution < 1.29 is 28.2 Å². The minimum absolute atomic E-state index is 0.0200. The van der Waals surface area contributed by atoms with Crippen LogP contribution >= 0.6 is 11.6 Å². The predicted octanol–water partition coefficient (Wildman–Crippen LogP) is 5.67. The minimum Gasteiger partial charge on any atom is -0.478 e. The lowest BCUT2D eigenvalue weighted by atomic mass is 10.1. The van der Waals surface area contributed by atoms with Crippen LogP contribution in [0.15, 0.2) is 54.6 Å². The number of benzene rings is 3. The van der Waals surface area contributed by atoms with Crippen LogP contribution in [-0.2, 0) is 0 Å². The molecule has 0 fully saturated rings. The highest BCUT2D eigenvalue weighted by molar-refractivity contribution is 6.32. The smallest absolute Gasteiger partial charge is 0.335 e. The highest BCUT2D eigenvalue weighted by Gasteiger charge is 2.18. The summed E-state index contributed by atoms with van der Waals surface area (Å²) in [5, 5.41) is 11.8. The number of carboxylic acids is 1. The first-order chi connectivity index (χ1) is 13.7. The van der Waals surface area contributed by atoms with E-state index in [1.165, 1.54) is 36.4 Å². The van der Waals surface area contributed by atoms with Gasteiger partial charge in [0.05, 0.1) is 11.1 Å². The van der Waals surface area contributed by atoms with Crippen LogP contribution in [0.1, 0.15) is 26.3 Å². The quantitative estimate of drug-likeness (QED) is 0.561. The van der Waals surface area contributed by atoms with Crippen molar-refractivity contribution in [2.24, 2.45) is 0 Å². The molecule has 0 spiro atoms. The van der Waals surface area contributed by atoms with Gasteiger partial charge in [-0.3, -0.25) is 4.79 Å². The Morgan fingerprint density at radius 3 is 2.31 bits per heavy atom. The third-order valence-corrected chi connectivity index (χ3v) is 4.42. The second-order valence-corrected chi connectivity index (χ2v) is 6.52. The minimum atomic E-state index is -1.09. The van der Waals surface area contributed by atoms with Gasteiger partial charge in [-0.25, -0.2) is 13.6 Å². The molecule has 3 rings (SSSR count). The Morgan fingerprint density at radius 1 is 1.00 bits per heavy atom. The molecule has 29 heavy (non-hydrogen) atoms. The summed E-state index contributed by atoms with van der Waals surface area (Å²) < 4.78 is 32.6. The average Bonchev–Trinajstić information content (AvgIpc) is 2.67. The largest absolute Gasteiger partial charge is 0.478 e. The Kier molecular flexibility index (Phi) is 5.79. The number of carbonyl (C=O) groups excluding carboxylic acids is 1. The topological polar surface area (TPSA) is 75.6 Å². The van der Waals surface area contributed by atoms with Gasteiger partial charge >= 0.3 is 5.97 Å². The normalized spacial score (nSPS) is 10.5. The van der Waals surface area contributed by atoms with Crippen LogP contribution in [0.4, 0.5) is 14.5 Å². The number of carboxylic acid groups (broad SMARTS) is 1. The van der Waals surface area contributed by atoms with Crippen molar-refractivity contribution in [1.82, 2.24) is 0 Å². The van der Waals surface area contributed by atoms with Gasteiger partial charge in [-0.05, 0) is 61.0 Å². The van der Waals surface area contributed by atoms with E-state index in [1.54, 1.807) is 6.92 Å². The fraction of sp³-hybridized carbons (Fsp3) is 0.0476. The maximum Gasteiger partial charge on any atom is 0.335 e. The van der Waals surface area contributed by atoms with E-state index in [0.29, 0.717) is 22.3 Å². The van der Waals surface area contributed by atoms with Crippen molar-refractivity contribution in [3.05, 3.63) is 87.9 Å². The number of rotatable bonds is 5. The number of aromatic carboxylic acids is 1. The first kappa shape index (κ1) is 20.3. The maximum atomic E-state index is 14.0. The lowest BCUT2D eigenvalue weighted by molar-refractivity contribution is 0.0696. The molecular formula is C21H14ClF2NO4. The number of nitrogens with one attached hydrogen (secondary N) is 1. The molecule has 1 amide bonds. The standard InChI is InChI=1S/C21H14ClF2NO4/c1-11-8-19(29-18-7-4-13(23)9-17(18)24)15(10-16(11)22)20(26)25-14-5-2-12(3-6-14)21(27)28/h2-10H,1H3,(H,25,26)(H,27,28). The first-order valence-electron chi connectivity index (χ1n) is 8.32. The van der Waals surface area contributed by atoms with Crippen molar-refractivity contribution >= 4 is 29.2 Å². The Labute approximate surface area is 169 Å². The number of halogens is 3. The molecule has 3 aromatic carbocycles. The van der Waals surface area contributed by atoms with Gasteiger partial charge in [-0.1, -0.05) is 11.6 Å². The Morgan fingerprint density at radius 2 is 1.69 bits per heavy atom. The molecule has 0 aliphatic carbocycles. The summed E-state index contributed by atoms with van der Waals surface area (Å²) in [5.74, 6) is -3.61. The third kappa shape index (κ3) is 4.70. The molecule has 148 valence electrons. The number of carbonyl (C=O) groups is 2. The highest BCUT2D eigenvalue weighted by atomic mass is 35.5. The fourth-order valence-electron chi connectivity index (χ4n) is 2.49. The van der Waals surface area contributed by atoms with Crippen LogP contribution in [0.5, 0.6) is 11.5 Å². The second-order valence-electron chi connectivity index (χ2n) is 6.11. The molecule has 0 aliphatic heterocycles. The molecule has 0 bridgehead atoms. The molecule has 0 saturated heterocycles. The van der Waals surface area contributed by atoms with Crippen molar-refractivity contribution in [2.45, 2.75) is 6.92 Å². The Hall–Kier alpha value is -3.45. The van der Waals surface area contributed by atoms with Gasteiger partial charge in [0.1, 0.15) is 11.6 Å².